The van der Waals surface area contributed by atoms with Crippen molar-refractivity contribution in [2.75, 3.05) is 7.11 Å². The quantitative estimate of drug-likeness (QED) is 0.894. The van der Waals surface area contributed by atoms with Crippen LogP contribution in [0.2, 0.25) is 0 Å². The first-order valence-electron chi connectivity index (χ1n) is 6.76. The van der Waals surface area contributed by atoms with Crippen LogP contribution in [0.3, 0.4) is 0 Å². The molecule has 100 valence electrons. The Morgan fingerprint density at radius 1 is 1.50 bits per heavy atom. The van der Waals surface area contributed by atoms with Crippen LogP contribution < -0.4 is 5.56 Å². The molecule has 1 saturated carbocycles. The predicted octanol–water partition coefficient (Wildman–Crippen LogP) is 2.70. The molecule has 1 aliphatic rings. The average molecular weight is 250 g/mol. The fourth-order valence-corrected chi connectivity index (χ4v) is 2.57. The number of aromatic amines is 1. The minimum Gasteiger partial charge on any atom is -0.371 e. The number of H-pyrrole nitrogens is 1. The summed E-state index contributed by atoms with van der Waals surface area (Å²) in [5.74, 6) is 1.10. The van der Waals surface area contributed by atoms with Gasteiger partial charge in [-0.2, -0.15) is 0 Å². The Labute approximate surface area is 108 Å². The number of nitrogens with one attached hydrogen (secondary N) is 1. The highest BCUT2D eigenvalue weighted by Crippen LogP contribution is 2.33. The van der Waals surface area contributed by atoms with E-state index in [1.54, 1.807) is 13.2 Å². The summed E-state index contributed by atoms with van der Waals surface area (Å²) in [6, 6.07) is 1.64. The monoisotopic (exact) mass is 250 g/mol. The second kappa shape index (κ2) is 5.22. The van der Waals surface area contributed by atoms with Gasteiger partial charge < -0.3 is 9.72 Å². The summed E-state index contributed by atoms with van der Waals surface area (Å²) in [5, 5.41) is 0. The second-order valence-corrected chi connectivity index (χ2v) is 5.29. The molecule has 0 amide bonds. The second-order valence-electron chi connectivity index (χ2n) is 5.29. The maximum absolute atomic E-state index is 11.8. The number of rotatable bonds is 4. The van der Waals surface area contributed by atoms with Crippen molar-refractivity contribution in [3.63, 3.8) is 0 Å². The van der Waals surface area contributed by atoms with E-state index in [1.165, 1.54) is 12.8 Å². The minimum absolute atomic E-state index is 0.0707. The summed E-state index contributed by atoms with van der Waals surface area (Å²) in [7, 11) is 1.66. The van der Waals surface area contributed by atoms with Gasteiger partial charge in [-0.1, -0.05) is 19.8 Å². The third-order valence-electron chi connectivity index (χ3n) is 4.16. The number of hydrogen-bond acceptors (Lipinski definition) is 3. The van der Waals surface area contributed by atoms with E-state index >= 15 is 0 Å². The van der Waals surface area contributed by atoms with E-state index in [9.17, 15) is 4.79 Å². The standard InChI is InChI=1S/C14H22N2O2/c1-4-14(2,18-3)13-15-11(9-12(17)16-13)10-7-5-6-8-10/h9-10H,4-8H2,1-3H3,(H,15,16,17). The molecule has 1 aliphatic carbocycles. The van der Waals surface area contributed by atoms with Gasteiger partial charge in [0.1, 0.15) is 11.4 Å². The van der Waals surface area contributed by atoms with Gasteiger partial charge in [0.05, 0.1) is 5.69 Å². The molecule has 0 aliphatic heterocycles. The maximum atomic E-state index is 11.8. The maximum Gasteiger partial charge on any atom is 0.251 e. The Kier molecular flexibility index (Phi) is 3.85. The highest BCUT2D eigenvalue weighted by Gasteiger charge is 2.28. The average Bonchev–Trinajstić information content (AvgIpc) is 2.91. The lowest BCUT2D eigenvalue weighted by Gasteiger charge is -2.26. The first kappa shape index (κ1) is 13.3. The SMILES string of the molecule is CCC(C)(OC)c1nc(C2CCCC2)cc(=O)[nH]1. The lowest BCUT2D eigenvalue weighted by molar-refractivity contribution is -0.00940. The van der Waals surface area contributed by atoms with Crippen molar-refractivity contribution in [2.24, 2.45) is 0 Å². The van der Waals surface area contributed by atoms with Gasteiger partial charge in [-0.05, 0) is 26.2 Å². The zero-order chi connectivity index (χ0) is 13.2. The molecule has 1 fully saturated rings. The Morgan fingerprint density at radius 3 is 2.72 bits per heavy atom. The van der Waals surface area contributed by atoms with Crippen LogP contribution in [0.25, 0.3) is 0 Å². The first-order chi connectivity index (χ1) is 8.59. The summed E-state index contributed by atoms with van der Waals surface area (Å²) in [5.41, 5.74) is 0.356. The molecule has 0 bridgehead atoms. The molecular weight excluding hydrogens is 228 g/mol. The Bertz CT molecular complexity index is 457. The van der Waals surface area contributed by atoms with Crippen LogP contribution in [-0.2, 0) is 10.3 Å². The third-order valence-corrected chi connectivity index (χ3v) is 4.16. The van der Waals surface area contributed by atoms with Crippen molar-refractivity contribution in [2.45, 2.75) is 57.5 Å². The predicted molar refractivity (Wildman–Crippen MR) is 70.7 cm³/mol. The van der Waals surface area contributed by atoms with Crippen molar-refractivity contribution >= 4 is 0 Å². The molecular formula is C14H22N2O2. The number of aromatic nitrogens is 2. The van der Waals surface area contributed by atoms with Crippen molar-refractivity contribution in [1.29, 1.82) is 0 Å². The van der Waals surface area contributed by atoms with Gasteiger partial charge in [-0.3, -0.25) is 4.79 Å². The summed E-state index contributed by atoms with van der Waals surface area (Å²) >= 11 is 0. The highest BCUT2D eigenvalue weighted by molar-refractivity contribution is 5.13. The molecule has 0 aromatic carbocycles. The van der Waals surface area contributed by atoms with Crippen LogP contribution in [-0.4, -0.2) is 17.1 Å². The van der Waals surface area contributed by atoms with E-state index in [4.69, 9.17) is 4.74 Å². The van der Waals surface area contributed by atoms with E-state index < -0.39 is 5.60 Å². The van der Waals surface area contributed by atoms with E-state index in [1.807, 2.05) is 13.8 Å². The van der Waals surface area contributed by atoms with Crippen molar-refractivity contribution < 1.29 is 4.74 Å². The van der Waals surface area contributed by atoms with Crippen LogP contribution in [0, 0.1) is 0 Å². The summed E-state index contributed by atoms with van der Waals surface area (Å²) < 4.78 is 5.51. The van der Waals surface area contributed by atoms with Gasteiger partial charge >= 0.3 is 0 Å². The van der Waals surface area contributed by atoms with Crippen LogP contribution >= 0.6 is 0 Å². The Balaban J connectivity index is 2.40. The molecule has 1 N–H and O–H groups in total. The van der Waals surface area contributed by atoms with Gasteiger partial charge in [-0.15, -0.1) is 0 Å². The molecule has 1 aromatic heterocycles. The molecule has 0 spiro atoms. The zero-order valence-corrected chi connectivity index (χ0v) is 11.5. The molecule has 1 heterocycles. The van der Waals surface area contributed by atoms with Crippen LogP contribution in [0.1, 0.15) is 63.4 Å². The van der Waals surface area contributed by atoms with Gasteiger partial charge in [0.15, 0.2) is 0 Å². The van der Waals surface area contributed by atoms with Crippen molar-refractivity contribution in [3.05, 3.63) is 27.9 Å². The molecule has 4 nitrogen and oxygen atoms in total. The number of ether oxygens (including phenoxy) is 1. The third kappa shape index (κ3) is 2.48. The van der Waals surface area contributed by atoms with Crippen molar-refractivity contribution in [1.82, 2.24) is 9.97 Å². The zero-order valence-electron chi connectivity index (χ0n) is 11.5. The van der Waals surface area contributed by atoms with E-state index in [0.717, 1.165) is 25.0 Å². The summed E-state index contributed by atoms with van der Waals surface area (Å²) in [6.07, 6.45) is 5.55. The Morgan fingerprint density at radius 2 is 2.17 bits per heavy atom. The lowest BCUT2D eigenvalue weighted by Crippen LogP contribution is -2.30. The lowest BCUT2D eigenvalue weighted by atomic mass is 10.00. The fourth-order valence-electron chi connectivity index (χ4n) is 2.57. The van der Waals surface area contributed by atoms with E-state index in [0.29, 0.717) is 11.7 Å². The molecule has 1 aromatic rings. The van der Waals surface area contributed by atoms with Crippen LogP contribution in [0.15, 0.2) is 10.9 Å². The Hall–Kier alpha value is -1.16. The number of nitrogens with zero attached hydrogens (tertiary/aromatic N) is 1. The first-order valence-corrected chi connectivity index (χ1v) is 6.76. The smallest absolute Gasteiger partial charge is 0.251 e. The molecule has 4 heteroatoms. The molecule has 2 rings (SSSR count). The number of methoxy groups -OCH3 is 1. The topological polar surface area (TPSA) is 55.0 Å². The van der Waals surface area contributed by atoms with Gasteiger partial charge in [-0.25, -0.2) is 4.98 Å². The molecule has 1 unspecified atom stereocenters. The van der Waals surface area contributed by atoms with Crippen LogP contribution in [0.4, 0.5) is 0 Å². The minimum atomic E-state index is -0.506. The van der Waals surface area contributed by atoms with E-state index in [2.05, 4.69) is 9.97 Å². The van der Waals surface area contributed by atoms with E-state index in [-0.39, 0.29) is 5.56 Å². The number of hydrogen-bond donors (Lipinski definition) is 1. The summed E-state index contributed by atoms with van der Waals surface area (Å²) in [6.45, 7) is 4.00. The fraction of sp³-hybridized carbons (Fsp3) is 0.714. The van der Waals surface area contributed by atoms with Crippen LogP contribution in [0.5, 0.6) is 0 Å². The molecule has 1 atom stereocenters. The largest absolute Gasteiger partial charge is 0.371 e. The highest BCUT2D eigenvalue weighted by atomic mass is 16.5. The summed E-state index contributed by atoms with van der Waals surface area (Å²) in [4.78, 5) is 19.3. The van der Waals surface area contributed by atoms with Gasteiger partial charge in [0.2, 0.25) is 0 Å². The van der Waals surface area contributed by atoms with Gasteiger partial charge in [0, 0.05) is 19.1 Å². The normalized spacial score (nSPS) is 19.9. The van der Waals surface area contributed by atoms with Crippen molar-refractivity contribution in [3.8, 4) is 0 Å². The molecule has 18 heavy (non-hydrogen) atoms. The molecule has 0 radical (unpaired) electrons. The molecule has 0 saturated heterocycles. The van der Waals surface area contributed by atoms with Gasteiger partial charge in [0.25, 0.3) is 5.56 Å².